The lowest BCUT2D eigenvalue weighted by molar-refractivity contribution is -0.379. The van der Waals surface area contributed by atoms with Gasteiger partial charge in [0.1, 0.15) is 48.8 Å². The topological polar surface area (TPSA) is 429 Å². The second kappa shape index (κ2) is 20.0. The van der Waals surface area contributed by atoms with Gasteiger partial charge in [0.2, 0.25) is 0 Å². The number of rotatable bonds is 17. The van der Waals surface area contributed by atoms with Gasteiger partial charge in [0.15, 0.2) is 49.6 Å². The molecule has 0 amide bonds. The minimum atomic E-state index is -5.69. The fraction of sp³-hybridized carbons (Fsp3) is 1.00. The number of aliphatic hydroxyl groups is 5. The Balaban J connectivity index is 1.77. The van der Waals surface area contributed by atoms with E-state index in [1.165, 1.54) is 6.92 Å². The molecule has 0 unspecified atom stereocenters. The Kier molecular flexibility index (Phi) is 17.2. The molecule has 4 rings (SSSR count). The molecule has 29 nitrogen and oxygen atoms in total. The third kappa shape index (κ3) is 13.5. The molecule has 0 aromatic carbocycles. The van der Waals surface area contributed by atoms with Crippen molar-refractivity contribution in [2.75, 3.05) is 6.61 Å². The van der Waals surface area contributed by atoms with Crippen molar-refractivity contribution >= 4 is 41.6 Å². The molecule has 33 heteroatoms. The lowest BCUT2D eigenvalue weighted by Crippen LogP contribution is -2.67. The van der Waals surface area contributed by atoms with E-state index in [1.54, 1.807) is 6.92 Å². The van der Waals surface area contributed by atoms with Gasteiger partial charge in [0, 0.05) is 6.61 Å². The molecule has 0 aromatic rings. The minimum absolute atomic E-state index is 0.103. The molecule has 0 aromatic heterocycles. The van der Waals surface area contributed by atoms with E-state index in [4.69, 9.17) is 50.4 Å². The van der Waals surface area contributed by atoms with Gasteiger partial charge < -0.3 is 63.4 Å². The van der Waals surface area contributed by atoms with Crippen LogP contribution in [0, 0.1) is 0 Å². The Morgan fingerprint density at radius 3 is 0.983 bits per heavy atom. The summed E-state index contributed by atoms with van der Waals surface area (Å²) >= 11 is 0. The van der Waals surface area contributed by atoms with Crippen molar-refractivity contribution in [3.05, 3.63) is 0 Å². The molecule has 0 radical (unpaired) electrons. The Labute approximate surface area is 343 Å². The molecule has 4 fully saturated rings. The van der Waals surface area contributed by atoms with Gasteiger partial charge in [-0.2, -0.15) is 33.7 Å². The first kappa shape index (κ1) is 51.6. The standard InChI is InChI=1S/C27H48O29S4/c1-6-7-45-24-21(54-58(36,37)38)17(13(29)9(3)46-24)51-26-23(56-60(42,43)44)19(15(31)11(5)48-26)52-27-22(55-59(39,40)41)18(14(30)10(4)49-27)50-25-20(53-57(33,34)35)16(32)12(28)8(2)47-25/h8-32H,6-7H2,1-5H3,(H,33,34,35)(H,36,37,38)(H,39,40,41)(H,42,43,44)/t8-,9-,10-,11-,12+,13+,14+,15+,16+,17+,18+,19+,20-,21-,22-,23-,24+,25-,26-,27-/m0/s1. The van der Waals surface area contributed by atoms with Crippen LogP contribution in [0.5, 0.6) is 0 Å². The number of aliphatic hydroxyl groups excluding tert-OH is 5. The van der Waals surface area contributed by atoms with Gasteiger partial charge in [0.25, 0.3) is 0 Å². The van der Waals surface area contributed by atoms with E-state index in [1.807, 2.05) is 0 Å². The van der Waals surface area contributed by atoms with Gasteiger partial charge in [-0.15, -0.1) is 0 Å². The molecular formula is C27H48O29S4. The largest absolute Gasteiger partial charge is 0.397 e. The van der Waals surface area contributed by atoms with Crippen LogP contribution in [0.15, 0.2) is 0 Å². The highest BCUT2D eigenvalue weighted by atomic mass is 32.3. The lowest BCUT2D eigenvalue weighted by Gasteiger charge is -2.49. The summed E-state index contributed by atoms with van der Waals surface area (Å²) in [6, 6.07) is 0. The maximum Gasteiger partial charge on any atom is 0.397 e. The predicted molar refractivity (Wildman–Crippen MR) is 184 cm³/mol. The molecule has 0 bridgehead atoms. The molecule has 354 valence electrons. The Hall–Kier alpha value is -1.04. The molecule has 4 heterocycles. The van der Waals surface area contributed by atoms with Crippen molar-refractivity contribution in [1.82, 2.24) is 0 Å². The van der Waals surface area contributed by atoms with Crippen LogP contribution < -0.4 is 0 Å². The van der Waals surface area contributed by atoms with E-state index in [2.05, 4.69) is 4.18 Å². The molecule has 4 aliphatic heterocycles. The van der Waals surface area contributed by atoms with Crippen LogP contribution in [0.25, 0.3) is 0 Å². The number of hydrogen-bond donors (Lipinski definition) is 9. The first-order valence-corrected chi connectivity index (χ1v) is 23.1. The van der Waals surface area contributed by atoms with E-state index in [0.717, 1.165) is 20.8 Å². The Morgan fingerprint density at radius 1 is 0.400 bits per heavy atom. The minimum Gasteiger partial charge on any atom is -0.388 e. The summed E-state index contributed by atoms with van der Waals surface area (Å²) in [4.78, 5) is 0. The fourth-order valence-electron chi connectivity index (χ4n) is 6.56. The zero-order valence-electron chi connectivity index (χ0n) is 31.8. The average Bonchev–Trinajstić information content (AvgIpc) is 3.09. The van der Waals surface area contributed by atoms with Crippen molar-refractivity contribution in [3.63, 3.8) is 0 Å². The summed E-state index contributed by atoms with van der Waals surface area (Å²) in [6.07, 6.45) is -40.5. The zero-order chi connectivity index (χ0) is 45.4. The van der Waals surface area contributed by atoms with Crippen LogP contribution in [0.2, 0.25) is 0 Å². The molecular weight excluding hydrogens is 917 g/mol. The highest BCUT2D eigenvalue weighted by Gasteiger charge is 2.58. The van der Waals surface area contributed by atoms with Gasteiger partial charge in [-0.3, -0.25) is 18.2 Å². The summed E-state index contributed by atoms with van der Waals surface area (Å²) in [5.41, 5.74) is 0. The summed E-state index contributed by atoms with van der Waals surface area (Å²) < 4.78 is 198. The first-order valence-electron chi connectivity index (χ1n) is 17.6. The van der Waals surface area contributed by atoms with Crippen molar-refractivity contribution in [1.29, 1.82) is 0 Å². The fourth-order valence-corrected chi connectivity index (χ4v) is 8.49. The molecule has 60 heavy (non-hydrogen) atoms. The molecule has 0 spiro atoms. The molecule has 4 saturated heterocycles. The van der Waals surface area contributed by atoms with E-state index >= 15 is 0 Å². The van der Waals surface area contributed by atoms with E-state index in [9.17, 15) is 77.4 Å². The van der Waals surface area contributed by atoms with Crippen LogP contribution in [0.1, 0.15) is 41.0 Å². The van der Waals surface area contributed by atoms with Crippen LogP contribution in [0.3, 0.4) is 0 Å². The molecule has 0 aliphatic carbocycles. The van der Waals surface area contributed by atoms with Crippen molar-refractivity contribution < 1.29 is 132 Å². The van der Waals surface area contributed by atoms with E-state index in [-0.39, 0.29) is 6.61 Å². The van der Waals surface area contributed by atoms with Crippen LogP contribution in [-0.2, 0) is 96.2 Å². The smallest absolute Gasteiger partial charge is 0.388 e. The summed E-state index contributed by atoms with van der Waals surface area (Å²) in [7, 11) is -22.2. The average molecular weight is 965 g/mol. The second-order valence-electron chi connectivity index (χ2n) is 13.9. The van der Waals surface area contributed by atoms with Gasteiger partial charge in [-0.25, -0.2) is 16.7 Å². The highest BCUT2D eigenvalue weighted by Crippen LogP contribution is 2.38. The summed E-state index contributed by atoms with van der Waals surface area (Å²) in [5.74, 6) is 0. The zero-order valence-corrected chi connectivity index (χ0v) is 35.1. The maximum atomic E-state index is 12.2. The van der Waals surface area contributed by atoms with Gasteiger partial charge in [-0.1, -0.05) is 6.92 Å². The first-order chi connectivity index (χ1) is 27.4. The monoisotopic (exact) mass is 964 g/mol. The van der Waals surface area contributed by atoms with Crippen LogP contribution in [-0.4, -0.2) is 207 Å². The van der Waals surface area contributed by atoms with E-state index in [0.29, 0.717) is 6.42 Å². The summed E-state index contributed by atoms with van der Waals surface area (Å²) in [6.45, 7) is 6.17. The maximum absolute atomic E-state index is 12.2. The summed E-state index contributed by atoms with van der Waals surface area (Å²) in [5, 5.41) is 54.3. The predicted octanol–water partition coefficient (Wildman–Crippen LogP) is -4.90. The van der Waals surface area contributed by atoms with Crippen LogP contribution >= 0.6 is 0 Å². The van der Waals surface area contributed by atoms with Gasteiger partial charge >= 0.3 is 41.6 Å². The number of ether oxygens (including phenoxy) is 8. The number of hydrogen-bond acceptors (Lipinski definition) is 25. The third-order valence-electron chi connectivity index (χ3n) is 9.35. The van der Waals surface area contributed by atoms with Gasteiger partial charge in [-0.05, 0) is 34.1 Å². The molecule has 9 N–H and O–H groups in total. The van der Waals surface area contributed by atoms with Gasteiger partial charge in [0.05, 0.1) is 24.4 Å². The molecule has 20 atom stereocenters. The Morgan fingerprint density at radius 2 is 0.667 bits per heavy atom. The van der Waals surface area contributed by atoms with Crippen molar-refractivity contribution in [2.24, 2.45) is 0 Å². The Bertz CT molecular complexity index is 1870. The SMILES string of the molecule is CCCO[C@@H]1O[C@@H](C)[C@@H](O)[C@@H](O[C@@H]2O[C@@H](C)[C@@H](O)[C@@H](O[C@@H]3O[C@@H](C)[C@@H](O)[C@@H](O[C@@H]4O[C@@H](C)[C@@H](O)[C@@H](O)[C@@H]4OS(=O)(=O)O)[C@@H]3OS(=O)(=O)O)[C@@H]2OS(=O)(=O)O)[C@@H]1OS(=O)(=O)O. The third-order valence-corrected chi connectivity index (χ3v) is 11.2. The van der Waals surface area contributed by atoms with Crippen molar-refractivity contribution in [3.8, 4) is 0 Å². The molecule has 4 aliphatic rings. The molecule has 0 saturated carbocycles. The van der Waals surface area contributed by atoms with E-state index < -0.39 is 164 Å². The normalized spacial score (nSPS) is 43.8. The van der Waals surface area contributed by atoms with Crippen molar-refractivity contribution in [2.45, 2.75) is 164 Å². The second-order valence-corrected chi connectivity index (χ2v) is 18.1. The lowest BCUT2D eigenvalue weighted by atomic mass is 9.96. The highest BCUT2D eigenvalue weighted by molar-refractivity contribution is 7.81. The van der Waals surface area contributed by atoms with Crippen LogP contribution in [0.4, 0.5) is 0 Å². The quantitative estimate of drug-likeness (QED) is 0.0617.